The van der Waals surface area contributed by atoms with Gasteiger partial charge in [-0.1, -0.05) is 13.3 Å². The normalized spacial score (nSPS) is 15.8. The van der Waals surface area contributed by atoms with E-state index in [-0.39, 0.29) is 6.09 Å². The third kappa shape index (κ3) is 7.38. The van der Waals surface area contributed by atoms with Crippen molar-refractivity contribution in [3.63, 3.8) is 0 Å². The van der Waals surface area contributed by atoms with Gasteiger partial charge in [-0.05, 0) is 33.9 Å². The number of amides is 1. The monoisotopic (exact) mass is 341 g/mol. The van der Waals surface area contributed by atoms with Crippen LogP contribution in [-0.4, -0.2) is 92.8 Å². The van der Waals surface area contributed by atoms with Crippen molar-refractivity contribution in [3.05, 3.63) is 0 Å². The zero-order valence-corrected chi connectivity index (χ0v) is 15.9. The summed E-state index contributed by atoms with van der Waals surface area (Å²) < 4.78 is 5.07. The number of hydrogen-bond donors (Lipinski definition) is 1. The molecule has 140 valence electrons. The highest BCUT2D eigenvalue weighted by atomic mass is 16.6. The molecule has 0 spiro atoms. The van der Waals surface area contributed by atoms with Gasteiger partial charge in [0.2, 0.25) is 0 Å². The number of aliphatic imine (C=N–C) groups is 1. The third-order valence-electron chi connectivity index (χ3n) is 4.08. The SMILES string of the molecule is CCCCN(C)CCN=C(NCC)N1CCN(C(=O)OCC)CC1. The fourth-order valence-corrected chi connectivity index (χ4v) is 2.61. The first-order valence-corrected chi connectivity index (χ1v) is 9.25. The Balaban J connectivity index is 2.45. The number of piperazine rings is 1. The number of carbonyl (C=O) groups excluding carboxylic acids is 1. The summed E-state index contributed by atoms with van der Waals surface area (Å²) in [5.41, 5.74) is 0. The van der Waals surface area contributed by atoms with Gasteiger partial charge in [0.25, 0.3) is 0 Å². The number of carbonyl (C=O) groups is 1. The highest BCUT2D eigenvalue weighted by Crippen LogP contribution is 2.04. The molecule has 0 aromatic heterocycles. The van der Waals surface area contributed by atoms with Gasteiger partial charge in [0, 0.05) is 39.3 Å². The van der Waals surface area contributed by atoms with Gasteiger partial charge in [0.1, 0.15) is 0 Å². The number of guanidine groups is 1. The molecule has 1 rings (SSSR count). The predicted octanol–water partition coefficient (Wildman–Crippen LogP) is 1.46. The van der Waals surface area contributed by atoms with E-state index in [0.717, 1.165) is 45.2 Å². The molecule has 1 fully saturated rings. The molecule has 0 unspecified atom stereocenters. The van der Waals surface area contributed by atoms with Crippen molar-refractivity contribution in [2.75, 3.05) is 66.0 Å². The number of unbranched alkanes of at least 4 members (excludes halogenated alkanes) is 1. The van der Waals surface area contributed by atoms with Crippen molar-refractivity contribution < 1.29 is 9.53 Å². The van der Waals surface area contributed by atoms with Crippen LogP contribution in [0.2, 0.25) is 0 Å². The van der Waals surface area contributed by atoms with E-state index in [1.165, 1.54) is 12.8 Å². The van der Waals surface area contributed by atoms with E-state index in [1.807, 2.05) is 6.92 Å². The van der Waals surface area contributed by atoms with E-state index < -0.39 is 0 Å². The first-order valence-electron chi connectivity index (χ1n) is 9.25. The topological polar surface area (TPSA) is 60.4 Å². The number of rotatable bonds is 8. The Bertz CT molecular complexity index is 381. The average Bonchev–Trinajstić information content (AvgIpc) is 2.59. The molecular weight excluding hydrogens is 306 g/mol. The summed E-state index contributed by atoms with van der Waals surface area (Å²) in [5.74, 6) is 0.949. The minimum atomic E-state index is -0.211. The molecule has 0 radical (unpaired) electrons. The Kier molecular flexibility index (Phi) is 10.2. The molecule has 0 saturated carbocycles. The van der Waals surface area contributed by atoms with Gasteiger partial charge in [-0.15, -0.1) is 0 Å². The van der Waals surface area contributed by atoms with Gasteiger partial charge in [-0.2, -0.15) is 0 Å². The molecule has 0 atom stereocenters. The quantitative estimate of drug-likeness (QED) is 0.535. The number of nitrogens with zero attached hydrogens (tertiary/aromatic N) is 4. The summed E-state index contributed by atoms with van der Waals surface area (Å²) >= 11 is 0. The molecule has 0 aromatic carbocycles. The van der Waals surface area contributed by atoms with Gasteiger partial charge in [-0.25, -0.2) is 4.79 Å². The summed E-state index contributed by atoms with van der Waals surface area (Å²) in [6.45, 7) is 13.2. The Morgan fingerprint density at radius 1 is 1.12 bits per heavy atom. The average molecular weight is 342 g/mol. The molecule has 0 aromatic rings. The second-order valence-electron chi connectivity index (χ2n) is 6.07. The van der Waals surface area contributed by atoms with Crippen molar-refractivity contribution in [1.82, 2.24) is 20.0 Å². The first kappa shape index (κ1) is 20.5. The van der Waals surface area contributed by atoms with Gasteiger partial charge >= 0.3 is 6.09 Å². The number of ether oxygens (including phenoxy) is 1. The highest BCUT2D eigenvalue weighted by Gasteiger charge is 2.23. The number of likely N-dealkylation sites (N-methyl/N-ethyl adjacent to an activating group) is 1. The lowest BCUT2D eigenvalue weighted by Crippen LogP contribution is -2.54. The second-order valence-corrected chi connectivity index (χ2v) is 6.07. The zero-order valence-electron chi connectivity index (χ0n) is 15.9. The molecule has 1 amide bonds. The fraction of sp³-hybridized carbons (Fsp3) is 0.882. The Labute approximate surface area is 147 Å². The molecule has 0 aliphatic carbocycles. The van der Waals surface area contributed by atoms with Gasteiger partial charge < -0.3 is 24.8 Å². The van der Waals surface area contributed by atoms with E-state index in [9.17, 15) is 4.79 Å². The second kappa shape index (κ2) is 11.9. The molecule has 1 heterocycles. The highest BCUT2D eigenvalue weighted by molar-refractivity contribution is 5.80. The summed E-state index contributed by atoms with van der Waals surface area (Å²) in [5, 5.41) is 3.36. The molecular formula is C17H35N5O2. The number of hydrogen-bond acceptors (Lipinski definition) is 4. The van der Waals surface area contributed by atoms with E-state index in [4.69, 9.17) is 9.73 Å². The lowest BCUT2D eigenvalue weighted by atomic mass is 10.3. The summed E-state index contributed by atoms with van der Waals surface area (Å²) in [7, 11) is 2.15. The standard InChI is InChI=1S/C17H35N5O2/c1-5-8-10-20(4)11-9-19-16(18-6-2)21-12-14-22(15-13-21)17(23)24-7-3/h5-15H2,1-4H3,(H,18,19). The molecule has 1 aliphatic rings. The fourth-order valence-electron chi connectivity index (χ4n) is 2.61. The Morgan fingerprint density at radius 3 is 2.38 bits per heavy atom. The van der Waals surface area contributed by atoms with Crippen LogP contribution in [0, 0.1) is 0 Å². The molecule has 0 bridgehead atoms. The van der Waals surface area contributed by atoms with Gasteiger partial charge in [-0.3, -0.25) is 4.99 Å². The van der Waals surface area contributed by atoms with E-state index >= 15 is 0 Å². The Morgan fingerprint density at radius 2 is 1.79 bits per heavy atom. The summed E-state index contributed by atoms with van der Waals surface area (Å²) in [6, 6.07) is 0. The van der Waals surface area contributed by atoms with Crippen LogP contribution in [-0.2, 0) is 4.74 Å². The van der Waals surface area contributed by atoms with E-state index in [1.54, 1.807) is 4.90 Å². The van der Waals surface area contributed by atoms with Crippen LogP contribution in [0.15, 0.2) is 4.99 Å². The molecule has 1 saturated heterocycles. The van der Waals surface area contributed by atoms with Crippen molar-refractivity contribution in [3.8, 4) is 0 Å². The summed E-state index contributed by atoms with van der Waals surface area (Å²) in [4.78, 5) is 22.8. The van der Waals surface area contributed by atoms with Crippen LogP contribution in [0.4, 0.5) is 4.79 Å². The number of nitrogens with one attached hydrogen (secondary N) is 1. The molecule has 1 N–H and O–H groups in total. The van der Waals surface area contributed by atoms with E-state index in [0.29, 0.717) is 19.7 Å². The van der Waals surface area contributed by atoms with Crippen LogP contribution in [0.1, 0.15) is 33.6 Å². The zero-order chi connectivity index (χ0) is 17.8. The minimum Gasteiger partial charge on any atom is -0.450 e. The maximum Gasteiger partial charge on any atom is 0.409 e. The van der Waals surface area contributed by atoms with Crippen LogP contribution >= 0.6 is 0 Å². The van der Waals surface area contributed by atoms with Crippen LogP contribution in [0.5, 0.6) is 0 Å². The van der Waals surface area contributed by atoms with Gasteiger partial charge in [0.15, 0.2) is 5.96 Å². The van der Waals surface area contributed by atoms with E-state index in [2.05, 4.69) is 36.0 Å². The van der Waals surface area contributed by atoms with Crippen molar-refractivity contribution >= 4 is 12.1 Å². The largest absolute Gasteiger partial charge is 0.450 e. The van der Waals surface area contributed by atoms with Crippen molar-refractivity contribution in [2.24, 2.45) is 4.99 Å². The van der Waals surface area contributed by atoms with Crippen LogP contribution < -0.4 is 5.32 Å². The smallest absolute Gasteiger partial charge is 0.409 e. The molecule has 7 nitrogen and oxygen atoms in total. The summed E-state index contributed by atoms with van der Waals surface area (Å²) in [6.07, 6.45) is 2.24. The third-order valence-corrected chi connectivity index (χ3v) is 4.08. The van der Waals surface area contributed by atoms with Crippen LogP contribution in [0.25, 0.3) is 0 Å². The van der Waals surface area contributed by atoms with Crippen molar-refractivity contribution in [2.45, 2.75) is 33.6 Å². The lowest BCUT2D eigenvalue weighted by molar-refractivity contribution is 0.0914. The minimum absolute atomic E-state index is 0.211. The first-order chi connectivity index (χ1) is 11.6. The Hall–Kier alpha value is -1.50. The van der Waals surface area contributed by atoms with Crippen molar-refractivity contribution in [1.29, 1.82) is 0 Å². The maximum atomic E-state index is 11.8. The maximum absolute atomic E-state index is 11.8. The molecule has 1 aliphatic heterocycles. The van der Waals surface area contributed by atoms with Gasteiger partial charge in [0.05, 0.1) is 13.2 Å². The lowest BCUT2D eigenvalue weighted by Gasteiger charge is -2.36. The van der Waals surface area contributed by atoms with Crippen LogP contribution in [0.3, 0.4) is 0 Å². The predicted molar refractivity (Wildman–Crippen MR) is 98.6 cm³/mol. The molecule has 24 heavy (non-hydrogen) atoms. The molecule has 7 heteroatoms.